The number of piperidine rings is 1. The maximum Gasteiger partial charge on any atom is 0.319 e. The van der Waals surface area contributed by atoms with Crippen LogP contribution >= 0.6 is 0 Å². The van der Waals surface area contributed by atoms with Crippen LogP contribution in [0.2, 0.25) is 0 Å². The Morgan fingerprint density at radius 2 is 1.80 bits per heavy atom. The van der Waals surface area contributed by atoms with Gasteiger partial charge >= 0.3 is 6.03 Å². The van der Waals surface area contributed by atoms with E-state index in [0.29, 0.717) is 19.6 Å². The van der Waals surface area contributed by atoms with Gasteiger partial charge in [0.2, 0.25) is 0 Å². The van der Waals surface area contributed by atoms with Crippen molar-refractivity contribution in [2.75, 3.05) is 33.7 Å². The number of urea groups is 1. The zero-order valence-corrected chi connectivity index (χ0v) is 14.8. The minimum atomic E-state index is -1.09. The summed E-state index contributed by atoms with van der Waals surface area (Å²) in [5, 5.41) is 0. The molecule has 0 aliphatic carbocycles. The number of halogens is 2. The van der Waals surface area contributed by atoms with Crippen molar-refractivity contribution in [3.8, 4) is 0 Å². The molecular weight excluding hydrogens is 328 g/mol. The van der Waals surface area contributed by atoms with Crippen molar-refractivity contribution in [1.82, 2.24) is 14.7 Å². The molecule has 0 N–H and O–H groups in total. The molecule has 3 aliphatic heterocycles. The topological polar surface area (TPSA) is 43.9 Å². The third kappa shape index (κ3) is 3.19. The van der Waals surface area contributed by atoms with E-state index in [1.54, 1.807) is 23.9 Å². The van der Waals surface area contributed by atoms with Crippen LogP contribution in [-0.2, 0) is 0 Å². The molecule has 0 spiro atoms. The highest BCUT2D eigenvalue weighted by atomic mass is 19.2. The van der Waals surface area contributed by atoms with Crippen LogP contribution in [0.15, 0.2) is 12.1 Å². The fourth-order valence-electron chi connectivity index (χ4n) is 3.74. The van der Waals surface area contributed by atoms with E-state index in [4.69, 9.17) is 0 Å². The van der Waals surface area contributed by atoms with Crippen molar-refractivity contribution in [2.45, 2.75) is 25.8 Å². The van der Waals surface area contributed by atoms with Gasteiger partial charge in [-0.1, -0.05) is 6.07 Å². The smallest absolute Gasteiger partial charge is 0.319 e. The Hall–Kier alpha value is -2.18. The molecule has 25 heavy (non-hydrogen) atoms. The number of amides is 3. The second kappa shape index (κ2) is 6.61. The Labute approximate surface area is 146 Å². The van der Waals surface area contributed by atoms with Crippen LogP contribution in [0.1, 0.15) is 28.8 Å². The second-order valence-electron chi connectivity index (χ2n) is 7.19. The third-order valence-electron chi connectivity index (χ3n) is 5.13. The molecule has 5 nitrogen and oxygen atoms in total. The van der Waals surface area contributed by atoms with E-state index in [9.17, 15) is 18.4 Å². The van der Waals surface area contributed by atoms with Gasteiger partial charge in [-0.25, -0.2) is 13.6 Å². The molecule has 1 aromatic carbocycles. The Bertz CT molecular complexity index is 708. The number of hydrogen-bond donors (Lipinski definition) is 0. The first-order valence-corrected chi connectivity index (χ1v) is 8.51. The molecule has 2 bridgehead atoms. The van der Waals surface area contributed by atoms with Crippen molar-refractivity contribution in [3.63, 3.8) is 0 Å². The lowest BCUT2D eigenvalue weighted by molar-refractivity contribution is 0.0580. The predicted molar refractivity (Wildman–Crippen MR) is 89.3 cm³/mol. The molecule has 4 rings (SSSR count). The number of fused-ring (bicyclic) bond motifs is 4. The summed E-state index contributed by atoms with van der Waals surface area (Å²) < 4.78 is 28.1. The Morgan fingerprint density at radius 3 is 2.48 bits per heavy atom. The van der Waals surface area contributed by atoms with Crippen molar-refractivity contribution in [1.29, 1.82) is 0 Å². The summed E-state index contributed by atoms with van der Waals surface area (Å²) in [5.74, 6) is -2.41. The summed E-state index contributed by atoms with van der Waals surface area (Å²) >= 11 is 0. The molecule has 7 heteroatoms. The van der Waals surface area contributed by atoms with Crippen molar-refractivity contribution in [3.05, 3.63) is 34.9 Å². The van der Waals surface area contributed by atoms with Crippen LogP contribution < -0.4 is 0 Å². The average Bonchev–Trinajstić information content (AvgIpc) is 2.90. The molecular formula is C18H23F2N3O2. The van der Waals surface area contributed by atoms with Crippen LogP contribution in [0.3, 0.4) is 0 Å². The van der Waals surface area contributed by atoms with Crippen LogP contribution in [-0.4, -0.2) is 66.4 Å². The van der Waals surface area contributed by atoms with Crippen LogP contribution in [0.25, 0.3) is 0 Å². The highest BCUT2D eigenvalue weighted by Gasteiger charge is 2.39. The number of nitrogens with zero attached hydrogens (tertiary/aromatic N) is 3. The molecule has 2 atom stereocenters. The predicted octanol–water partition coefficient (Wildman–Crippen LogP) is 2.49. The molecule has 3 fully saturated rings. The third-order valence-corrected chi connectivity index (χ3v) is 5.13. The van der Waals surface area contributed by atoms with Gasteiger partial charge in [-0.05, 0) is 37.3 Å². The van der Waals surface area contributed by atoms with E-state index >= 15 is 0 Å². The second-order valence-corrected chi connectivity index (χ2v) is 7.19. The SMILES string of the molecule is Cc1ccc(C(=O)N2C[C@H]3CC[C@@H]2CN(C(=O)N(C)C)C3)c(F)c1F. The molecule has 136 valence electrons. The van der Waals surface area contributed by atoms with E-state index < -0.39 is 17.5 Å². The lowest BCUT2D eigenvalue weighted by Crippen LogP contribution is -2.48. The molecule has 0 aromatic heterocycles. The van der Waals surface area contributed by atoms with Crippen molar-refractivity contribution >= 4 is 11.9 Å². The minimum Gasteiger partial charge on any atom is -0.333 e. The molecule has 1 aromatic rings. The first-order chi connectivity index (χ1) is 11.8. The van der Waals surface area contributed by atoms with Crippen LogP contribution in [0.5, 0.6) is 0 Å². The summed E-state index contributed by atoms with van der Waals surface area (Å²) in [6.45, 7) is 2.94. The average molecular weight is 351 g/mol. The molecule has 3 heterocycles. The van der Waals surface area contributed by atoms with Gasteiger partial charge in [-0.3, -0.25) is 4.79 Å². The lowest BCUT2D eigenvalue weighted by atomic mass is 9.94. The van der Waals surface area contributed by atoms with Crippen LogP contribution in [0.4, 0.5) is 13.6 Å². The lowest BCUT2D eigenvalue weighted by Gasteiger charge is -2.36. The number of carbonyl (C=O) groups excluding carboxylic acids is 2. The first-order valence-electron chi connectivity index (χ1n) is 8.51. The van der Waals surface area contributed by atoms with Gasteiger partial charge in [0.05, 0.1) is 5.56 Å². The van der Waals surface area contributed by atoms with Gasteiger partial charge in [-0.15, -0.1) is 0 Å². The number of benzene rings is 1. The monoisotopic (exact) mass is 351 g/mol. The maximum atomic E-state index is 14.2. The zero-order chi connectivity index (χ0) is 18.3. The fraction of sp³-hybridized carbons (Fsp3) is 0.556. The van der Waals surface area contributed by atoms with Gasteiger partial charge in [0.1, 0.15) is 0 Å². The van der Waals surface area contributed by atoms with E-state index in [2.05, 4.69) is 0 Å². The molecule has 3 amide bonds. The van der Waals surface area contributed by atoms with Crippen LogP contribution in [0, 0.1) is 24.5 Å². The van der Waals surface area contributed by atoms with Crippen molar-refractivity contribution < 1.29 is 18.4 Å². The largest absolute Gasteiger partial charge is 0.333 e. The fourth-order valence-corrected chi connectivity index (χ4v) is 3.74. The molecule has 0 saturated carbocycles. The Kier molecular flexibility index (Phi) is 4.67. The number of hydrogen-bond acceptors (Lipinski definition) is 2. The summed E-state index contributed by atoms with van der Waals surface area (Å²) in [4.78, 5) is 30.0. The molecule has 3 aliphatic rings. The highest BCUT2D eigenvalue weighted by molar-refractivity contribution is 5.95. The summed E-state index contributed by atoms with van der Waals surface area (Å²) in [6, 6.07) is 2.51. The van der Waals surface area contributed by atoms with E-state index in [1.807, 2.05) is 0 Å². The van der Waals surface area contributed by atoms with Crippen molar-refractivity contribution in [2.24, 2.45) is 5.92 Å². The number of aryl methyl sites for hydroxylation is 1. The number of rotatable bonds is 1. The summed E-state index contributed by atoms with van der Waals surface area (Å²) in [7, 11) is 3.39. The van der Waals surface area contributed by atoms with E-state index in [-0.39, 0.29) is 29.1 Å². The first kappa shape index (κ1) is 17.6. The standard InChI is InChI=1S/C18H23F2N3O2/c1-11-4-7-14(16(20)15(11)19)17(24)23-9-12-5-6-13(23)10-22(8-12)18(25)21(2)3/h4,7,12-13H,5-6,8-10H2,1-3H3/t12-,13+/m0/s1. The van der Waals surface area contributed by atoms with E-state index in [0.717, 1.165) is 12.8 Å². The van der Waals surface area contributed by atoms with E-state index in [1.165, 1.54) is 24.0 Å². The van der Waals surface area contributed by atoms with Gasteiger partial charge in [0.25, 0.3) is 5.91 Å². The maximum absolute atomic E-state index is 14.2. The normalized spacial score (nSPS) is 22.8. The molecule has 3 saturated heterocycles. The molecule has 0 unspecified atom stereocenters. The zero-order valence-electron chi connectivity index (χ0n) is 14.8. The van der Waals surface area contributed by atoms with Gasteiger partial charge < -0.3 is 14.7 Å². The summed E-state index contributed by atoms with van der Waals surface area (Å²) in [5.41, 5.74) is -0.0599. The van der Waals surface area contributed by atoms with Gasteiger partial charge in [0.15, 0.2) is 11.6 Å². The Morgan fingerprint density at radius 1 is 1.08 bits per heavy atom. The Balaban J connectivity index is 1.86. The molecule has 0 radical (unpaired) electrons. The highest BCUT2D eigenvalue weighted by Crippen LogP contribution is 2.30. The minimum absolute atomic E-state index is 0.0845. The summed E-state index contributed by atoms with van der Waals surface area (Å²) in [6.07, 6.45) is 1.69. The number of carbonyl (C=O) groups is 2. The quantitative estimate of drug-likeness (QED) is 0.780. The van der Waals surface area contributed by atoms with Gasteiger partial charge in [0, 0.05) is 39.8 Å². The van der Waals surface area contributed by atoms with Gasteiger partial charge in [-0.2, -0.15) is 0 Å².